The van der Waals surface area contributed by atoms with Crippen LogP contribution >= 0.6 is 0 Å². The molecule has 24 heavy (non-hydrogen) atoms. The van der Waals surface area contributed by atoms with Gasteiger partial charge in [-0.3, -0.25) is 0 Å². The molecule has 0 aromatic heterocycles. The van der Waals surface area contributed by atoms with Gasteiger partial charge in [-0.1, -0.05) is 66.2 Å². The monoisotopic (exact) mass is 314 g/mol. The summed E-state index contributed by atoms with van der Waals surface area (Å²) in [7, 11) is 1.83. The molecular weight excluding hydrogens is 292 g/mol. The number of rotatable bonds is 2. The maximum Gasteiger partial charge on any atom is 0.145 e. The molecule has 0 spiro atoms. The first-order valence-electron chi connectivity index (χ1n) is 8.42. The fourth-order valence-electron chi connectivity index (χ4n) is 4.52. The lowest BCUT2D eigenvalue weighted by molar-refractivity contribution is 0.0613. The predicted molar refractivity (Wildman–Crippen MR) is 99.4 cm³/mol. The number of methoxy groups -OCH3 is 1. The van der Waals surface area contributed by atoms with E-state index in [2.05, 4.69) is 81.4 Å². The van der Waals surface area contributed by atoms with E-state index >= 15 is 0 Å². The van der Waals surface area contributed by atoms with E-state index < -0.39 is 5.60 Å². The molecule has 1 aliphatic rings. The highest BCUT2D eigenvalue weighted by atomic mass is 16.5. The van der Waals surface area contributed by atoms with Crippen molar-refractivity contribution in [2.45, 2.75) is 26.4 Å². The van der Waals surface area contributed by atoms with Gasteiger partial charge in [0.15, 0.2) is 0 Å². The van der Waals surface area contributed by atoms with Gasteiger partial charge < -0.3 is 4.74 Å². The van der Waals surface area contributed by atoms with Gasteiger partial charge in [0.05, 0.1) is 0 Å². The molecule has 0 N–H and O–H groups in total. The highest BCUT2D eigenvalue weighted by Crippen LogP contribution is 2.54. The minimum Gasteiger partial charge on any atom is -0.364 e. The lowest BCUT2D eigenvalue weighted by atomic mass is 9.79. The SMILES string of the molecule is COC1(c2c(C)cc(C)cc2C)c2ccccc2-c2ccccc21. The molecule has 0 radical (unpaired) electrons. The van der Waals surface area contributed by atoms with Gasteiger partial charge in [-0.25, -0.2) is 0 Å². The van der Waals surface area contributed by atoms with Gasteiger partial charge in [-0.05, 0) is 48.6 Å². The first-order valence-corrected chi connectivity index (χ1v) is 8.42. The second-order valence-corrected chi connectivity index (χ2v) is 6.75. The number of fused-ring (bicyclic) bond motifs is 3. The Kier molecular flexibility index (Phi) is 3.36. The second kappa shape index (κ2) is 5.32. The molecule has 1 nitrogen and oxygen atoms in total. The summed E-state index contributed by atoms with van der Waals surface area (Å²) in [6.07, 6.45) is 0. The summed E-state index contributed by atoms with van der Waals surface area (Å²) in [5.41, 5.74) is 9.61. The van der Waals surface area contributed by atoms with Gasteiger partial charge in [-0.15, -0.1) is 0 Å². The summed E-state index contributed by atoms with van der Waals surface area (Å²) < 4.78 is 6.34. The minimum atomic E-state index is -0.533. The summed E-state index contributed by atoms with van der Waals surface area (Å²) in [6, 6.07) is 21.8. The third-order valence-electron chi connectivity index (χ3n) is 5.24. The van der Waals surface area contributed by atoms with E-state index in [0.717, 1.165) is 0 Å². The van der Waals surface area contributed by atoms with Crippen LogP contribution in [0.1, 0.15) is 33.4 Å². The third-order valence-corrected chi connectivity index (χ3v) is 5.24. The summed E-state index contributed by atoms with van der Waals surface area (Å²) in [5.74, 6) is 0. The van der Waals surface area contributed by atoms with Gasteiger partial charge in [0.1, 0.15) is 5.60 Å². The Bertz CT molecular complexity index is 868. The number of hydrogen-bond acceptors (Lipinski definition) is 1. The smallest absolute Gasteiger partial charge is 0.145 e. The van der Waals surface area contributed by atoms with Crippen LogP contribution in [0.4, 0.5) is 0 Å². The molecule has 3 aromatic rings. The highest BCUT2D eigenvalue weighted by Gasteiger charge is 2.46. The first-order chi connectivity index (χ1) is 11.6. The highest BCUT2D eigenvalue weighted by molar-refractivity contribution is 5.83. The summed E-state index contributed by atoms with van der Waals surface area (Å²) in [4.78, 5) is 0. The normalized spacial score (nSPS) is 14.3. The maximum absolute atomic E-state index is 6.34. The van der Waals surface area contributed by atoms with Crippen LogP contribution in [0.3, 0.4) is 0 Å². The lowest BCUT2D eigenvalue weighted by Gasteiger charge is -2.34. The molecular formula is C23H22O. The van der Waals surface area contributed by atoms with E-state index in [0.29, 0.717) is 0 Å². The maximum atomic E-state index is 6.34. The van der Waals surface area contributed by atoms with Crippen LogP contribution < -0.4 is 0 Å². The molecule has 0 saturated carbocycles. The summed E-state index contributed by atoms with van der Waals surface area (Å²) >= 11 is 0. The van der Waals surface area contributed by atoms with E-state index in [9.17, 15) is 0 Å². The van der Waals surface area contributed by atoms with Crippen molar-refractivity contribution in [1.29, 1.82) is 0 Å². The minimum absolute atomic E-state index is 0.533. The van der Waals surface area contributed by atoms with Crippen molar-refractivity contribution in [2.24, 2.45) is 0 Å². The van der Waals surface area contributed by atoms with E-state index in [1.165, 1.54) is 44.5 Å². The number of benzene rings is 3. The number of ether oxygens (including phenoxy) is 1. The van der Waals surface area contributed by atoms with Crippen LogP contribution in [0.25, 0.3) is 11.1 Å². The summed E-state index contributed by atoms with van der Waals surface area (Å²) in [5, 5.41) is 0. The van der Waals surface area contributed by atoms with Crippen LogP contribution in [0.15, 0.2) is 60.7 Å². The van der Waals surface area contributed by atoms with Crippen molar-refractivity contribution in [3.8, 4) is 11.1 Å². The second-order valence-electron chi connectivity index (χ2n) is 6.75. The predicted octanol–water partition coefficient (Wildman–Crippen LogP) is 5.53. The van der Waals surface area contributed by atoms with Gasteiger partial charge in [-0.2, -0.15) is 0 Å². The molecule has 1 heteroatoms. The van der Waals surface area contributed by atoms with Crippen LogP contribution in [-0.4, -0.2) is 7.11 Å². The Morgan fingerprint density at radius 3 is 1.62 bits per heavy atom. The average Bonchev–Trinajstić information content (AvgIpc) is 2.86. The van der Waals surface area contributed by atoms with E-state index in [-0.39, 0.29) is 0 Å². The van der Waals surface area contributed by atoms with Crippen LogP contribution in [0.5, 0.6) is 0 Å². The van der Waals surface area contributed by atoms with Crippen molar-refractivity contribution in [2.75, 3.05) is 7.11 Å². The Morgan fingerprint density at radius 1 is 0.708 bits per heavy atom. The molecule has 120 valence electrons. The largest absolute Gasteiger partial charge is 0.364 e. The third kappa shape index (κ3) is 1.85. The fraction of sp³-hybridized carbons (Fsp3) is 0.217. The zero-order valence-corrected chi connectivity index (χ0v) is 14.7. The first kappa shape index (κ1) is 15.2. The molecule has 0 fully saturated rings. The average molecular weight is 314 g/mol. The van der Waals surface area contributed by atoms with E-state index in [1.807, 2.05) is 7.11 Å². The topological polar surface area (TPSA) is 9.23 Å². The van der Waals surface area contributed by atoms with Gasteiger partial charge >= 0.3 is 0 Å². The molecule has 0 atom stereocenters. The van der Waals surface area contributed by atoms with Crippen LogP contribution in [0.2, 0.25) is 0 Å². The summed E-state index contributed by atoms with van der Waals surface area (Å²) in [6.45, 7) is 6.54. The number of aryl methyl sites for hydroxylation is 3. The van der Waals surface area contributed by atoms with Crippen molar-refractivity contribution >= 4 is 0 Å². The zero-order chi connectivity index (χ0) is 16.9. The van der Waals surface area contributed by atoms with Crippen molar-refractivity contribution in [1.82, 2.24) is 0 Å². The standard InChI is InChI=1S/C23H22O/c1-15-13-16(2)22(17(3)14-15)23(24-4)20-11-7-5-9-18(20)19-10-6-8-12-21(19)23/h5-14H,1-4H3. The molecule has 4 rings (SSSR count). The van der Waals surface area contributed by atoms with E-state index in [4.69, 9.17) is 4.74 Å². The van der Waals surface area contributed by atoms with Gasteiger partial charge in [0.2, 0.25) is 0 Å². The van der Waals surface area contributed by atoms with Crippen LogP contribution in [-0.2, 0) is 10.3 Å². The Balaban J connectivity index is 2.16. The van der Waals surface area contributed by atoms with Crippen molar-refractivity contribution in [3.63, 3.8) is 0 Å². The van der Waals surface area contributed by atoms with Crippen molar-refractivity contribution < 1.29 is 4.74 Å². The Labute approximate surface area is 143 Å². The number of hydrogen-bond donors (Lipinski definition) is 0. The van der Waals surface area contributed by atoms with Gasteiger partial charge in [0.25, 0.3) is 0 Å². The molecule has 0 bridgehead atoms. The van der Waals surface area contributed by atoms with Crippen molar-refractivity contribution in [3.05, 3.63) is 94.0 Å². The molecule has 0 saturated heterocycles. The molecule has 3 aromatic carbocycles. The van der Waals surface area contributed by atoms with Crippen LogP contribution in [0, 0.1) is 20.8 Å². The molecule has 0 aliphatic heterocycles. The molecule has 0 heterocycles. The fourth-order valence-corrected chi connectivity index (χ4v) is 4.52. The molecule has 0 amide bonds. The Morgan fingerprint density at radius 2 is 1.17 bits per heavy atom. The molecule has 1 aliphatic carbocycles. The van der Waals surface area contributed by atoms with E-state index in [1.54, 1.807) is 0 Å². The molecule has 0 unspecified atom stereocenters. The van der Waals surface area contributed by atoms with Gasteiger partial charge in [0, 0.05) is 18.2 Å². The quantitative estimate of drug-likeness (QED) is 0.604. The zero-order valence-electron chi connectivity index (χ0n) is 14.7. The lowest BCUT2D eigenvalue weighted by Crippen LogP contribution is -2.31. The Hall–Kier alpha value is -2.38.